The number of Topliss-reactive ketones (excluding diaryl/α,β-unsaturated/α-hetero) is 1. The molecule has 0 atom stereocenters. The van der Waals surface area contributed by atoms with E-state index in [2.05, 4.69) is 0 Å². The van der Waals surface area contributed by atoms with Crippen molar-refractivity contribution in [3.63, 3.8) is 0 Å². The molecule has 0 fully saturated rings. The van der Waals surface area contributed by atoms with Crippen LogP contribution in [0.25, 0.3) is 0 Å². The highest BCUT2D eigenvalue weighted by atomic mass is 19.4. The molecule has 0 aromatic heterocycles. The second-order valence-electron chi connectivity index (χ2n) is 4.30. The van der Waals surface area contributed by atoms with Crippen molar-refractivity contribution >= 4 is 5.78 Å². The van der Waals surface area contributed by atoms with Gasteiger partial charge in [-0.25, -0.2) is 0 Å². The van der Waals surface area contributed by atoms with Gasteiger partial charge in [0.2, 0.25) is 5.78 Å². The lowest BCUT2D eigenvalue weighted by Crippen LogP contribution is -2.23. The topological polar surface area (TPSA) is 17.1 Å². The number of rotatable bonds is 3. The smallest absolute Gasteiger partial charge is 0.290 e. The average Bonchev–Trinajstić information content (AvgIpc) is 2.13. The first-order valence-corrected chi connectivity index (χ1v) is 5.38. The molecule has 1 aromatic carbocycles. The summed E-state index contributed by atoms with van der Waals surface area (Å²) in [5.74, 6) is -1.66. The third-order valence-electron chi connectivity index (χ3n) is 2.76. The molecular weight excluding hydrogens is 229 g/mol. The van der Waals surface area contributed by atoms with E-state index in [1.165, 1.54) is 0 Å². The standard InChI is InChI=1S/C13H15F3O/c1-8-6-9(2)11(10(3)7-8)4-5-12(17)13(14,15)16/h6-7H,4-5H2,1-3H3. The highest BCUT2D eigenvalue weighted by molar-refractivity contribution is 5.84. The largest absolute Gasteiger partial charge is 0.449 e. The molecule has 4 heteroatoms. The highest BCUT2D eigenvalue weighted by Crippen LogP contribution is 2.22. The number of benzene rings is 1. The summed E-state index contributed by atoms with van der Waals surface area (Å²) in [6.45, 7) is 5.64. The van der Waals surface area contributed by atoms with Crippen molar-refractivity contribution in [1.29, 1.82) is 0 Å². The highest BCUT2D eigenvalue weighted by Gasteiger charge is 2.37. The predicted octanol–water partition coefficient (Wildman–Crippen LogP) is 3.68. The summed E-state index contributed by atoms with van der Waals surface area (Å²) >= 11 is 0. The van der Waals surface area contributed by atoms with Gasteiger partial charge in [0.25, 0.3) is 0 Å². The molecule has 0 N–H and O–H groups in total. The lowest BCUT2D eigenvalue weighted by molar-refractivity contribution is -0.171. The van der Waals surface area contributed by atoms with Crippen molar-refractivity contribution in [2.75, 3.05) is 0 Å². The third kappa shape index (κ3) is 3.58. The number of hydrogen-bond donors (Lipinski definition) is 0. The molecule has 0 aliphatic rings. The van der Waals surface area contributed by atoms with E-state index in [9.17, 15) is 18.0 Å². The van der Waals surface area contributed by atoms with Crippen LogP contribution in [0.2, 0.25) is 0 Å². The van der Waals surface area contributed by atoms with Crippen molar-refractivity contribution < 1.29 is 18.0 Å². The van der Waals surface area contributed by atoms with E-state index in [1.54, 1.807) is 0 Å². The van der Waals surface area contributed by atoms with Crippen LogP contribution in [0.3, 0.4) is 0 Å². The van der Waals surface area contributed by atoms with E-state index < -0.39 is 18.4 Å². The first-order valence-electron chi connectivity index (χ1n) is 5.38. The van der Waals surface area contributed by atoms with Crippen LogP contribution in [-0.4, -0.2) is 12.0 Å². The summed E-state index contributed by atoms with van der Waals surface area (Å²) in [6, 6.07) is 3.83. The summed E-state index contributed by atoms with van der Waals surface area (Å²) < 4.78 is 36.2. The Labute approximate surface area is 98.6 Å². The maximum Gasteiger partial charge on any atom is 0.449 e. The van der Waals surface area contributed by atoms with Crippen LogP contribution in [0.15, 0.2) is 12.1 Å². The molecule has 0 unspecified atom stereocenters. The minimum Gasteiger partial charge on any atom is -0.290 e. The number of ketones is 1. The quantitative estimate of drug-likeness (QED) is 0.792. The monoisotopic (exact) mass is 244 g/mol. The molecule has 94 valence electrons. The molecule has 0 bridgehead atoms. The van der Waals surface area contributed by atoms with E-state index >= 15 is 0 Å². The number of hydrogen-bond acceptors (Lipinski definition) is 1. The van der Waals surface area contributed by atoms with Crippen molar-refractivity contribution in [1.82, 2.24) is 0 Å². The lowest BCUT2D eigenvalue weighted by Gasteiger charge is -2.11. The van der Waals surface area contributed by atoms with Crippen molar-refractivity contribution in [2.24, 2.45) is 0 Å². The van der Waals surface area contributed by atoms with Gasteiger partial charge < -0.3 is 0 Å². The third-order valence-corrected chi connectivity index (χ3v) is 2.76. The van der Waals surface area contributed by atoms with Gasteiger partial charge in [-0.2, -0.15) is 13.2 Å². The van der Waals surface area contributed by atoms with Crippen LogP contribution in [0.4, 0.5) is 13.2 Å². The molecule has 0 saturated heterocycles. The van der Waals surface area contributed by atoms with Crippen LogP contribution in [-0.2, 0) is 11.2 Å². The van der Waals surface area contributed by atoms with Crippen LogP contribution in [0, 0.1) is 20.8 Å². The number of carbonyl (C=O) groups excluding carboxylic acids is 1. The Morgan fingerprint density at radius 1 is 1.12 bits per heavy atom. The minimum atomic E-state index is -4.72. The second-order valence-corrected chi connectivity index (χ2v) is 4.30. The zero-order chi connectivity index (χ0) is 13.2. The van der Waals surface area contributed by atoms with Gasteiger partial charge in [-0.05, 0) is 43.9 Å². The number of carbonyl (C=O) groups is 1. The molecule has 17 heavy (non-hydrogen) atoms. The maximum atomic E-state index is 12.1. The molecule has 0 spiro atoms. The van der Waals surface area contributed by atoms with Gasteiger partial charge in [0.05, 0.1) is 0 Å². The van der Waals surface area contributed by atoms with E-state index in [1.807, 2.05) is 32.9 Å². The Morgan fingerprint density at radius 2 is 1.59 bits per heavy atom. The van der Waals surface area contributed by atoms with Crippen molar-refractivity contribution in [3.05, 3.63) is 34.4 Å². The lowest BCUT2D eigenvalue weighted by atomic mass is 9.95. The number of halogens is 3. The number of aryl methyl sites for hydroxylation is 3. The SMILES string of the molecule is Cc1cc(C)c(CCC(=O)C(F)(F)F)c(C)c1. The molecule has 1 aromatic rings. The predicted molar refractivity (Wildman–Crippen MR) is 60.0 cm³/mol. The van der Waals surface area contributed by atoms with Crippen molar-refractivity contribution in [3.8, 4) is 0 Å². The summed E-state index contributed by atoms with van der Waals surface area (Å²) in [5.41, 5.74) is 3.80. The zero-order valence-corrected chi connectivity index (χ0v) is 10.1. The minimum absolute atomic E-state index is 0.149. The molecule has 1 nitrogen and oxygen atoms in total. The molecule has 0 amide bonds. The van der Waals surface area contributed by atoms with Gasteiger partial charge in [-0.3, -0.25) is 4.79 Å². The first kappa shape index (κ1) is 13.7. The van der Waals surface area contributed by atoms with Crippen LogP contribution in [0.5, 0.6) is 0 Å². The Balaban J connectivity index is 2.80. The van der Waals surface area contributed by atoms with Crippen LogP contribution in [0.1, 0.15) is 28.7 Å². The van der Waals surface area contributed by atoms with E-state index in [4.69, 9.17) is 0 Å². The first-order chi connectivity index (χ1) is 7.71. The van der Waals surface area contributed by atoms with E-state index in [0.717, 1.165) is 22.3 Å². The Bertz CT molecular complexity index is 410. The maximum absolute atomic E-state index is 12.1. The van der Waals surface area contributed by atoms with E-state index in [0.29, 0.717) is 0 Å². The fourth-order valence-electron chi connectivity index (χ4n) is 1.98. The van der Waals surface area contributed by atoms with Gasteiger partial charge in [-0.1, -0.05) is 17.7 Å². The zero-order valence-electron chi connectivity index (χ0n) is 10.1. The van der Waals surface area contributed by atoms with E-state index in [-0.39, 0.29) is 6.42 Å². The van der Waals surface area contributed by atoms with Gasteiger partial charge in [-0.15, -0.1) is 0 Å². The average molecular weight is 244 g/mol. The summed E-state index contributed by atoms with van der Waals surface area (Å²) in [5, 5.41) is 0. The summed E-state index contributed by atoms with van der Waals surface area (Å²) in [7, 11) is 0. The summed E-state index contributed by atoms with van der Waals surface area (Å²) in [4.78, 5) is 10.8. The van der Waals surface area contributed by atoms with Gasteiger partial charge >= 0.3 is 6.18 Å². The Morgan fingerprint density at radius 3 is 2.00 bits per heavy atom. The van der Waals surface area contributed by atoms with Crippen LogP contribution >= 0.6 is 0 Å². The normalized spacial score (nSPS) is 11.6. The molecule has 0 aliphatic carbocycles. The molecular formula is C13H15F3O. The second kappa shape index (κ2) is 4.90. The fourth-order valence-corrected chi connectivity index (χ4v) is 1.98. The molecule has 1 rings (SSSR count). The molecule has 0 aliphatic heterocycles. The van der Waals surface area contributed by atoms with Gasteiger partial charge in [0, 0.05) is 6.42 Å². The van der Waals surface area contributed by atoms with Crippen molar-refractivity contribution in [2.45, 2.75) is 39.8 Å². The number of alkyl halides is 3. The van der Waals surface area contributed by atoms with Gasteiger partial charge in [0.15, 0.2) is 0 Å². The molecule has 0 heterocycles. The molecule has 0 saturated carbocycles. The Kier molecular flexibility index (Phi) is 3.96. The Hall–Kier alpha value is -1.32. The summed E-state index contributed by atoms with van der Waals surface area (Å²) in [6.07, 6.45) is -5.04. The molecule has 0 radical (unpaired) electrons. The van der Waals surface area contributed by atoms with Crippen LogP contribution < -0.4 is 0 Å². The fraction of sp³-hybridized carbons (Fsp3) is 0.462. The van der Waals surface area contributed by atoms with Gasteiger partial charge in [0.1, 0.15) is 0 Å².